The van der Waals surface area contributed by atoms with Crippen molar-refractivity contribution in [3.8, 4) is 0 Å². The lowest BCUT2D eigenvalue weighted by Gasteiger charge is -2.55. The minimum absolute atomic E-state index is 0.0519. The monoisotopic (exact) mass is 614 g/mol. The van der Waals surface area contributed by atoms with Crippen molar-refractivity contribution in [1.82, 2.24) is 41.5 Å². The van der Waals surface area contributed by atoms with Gasteiger partial charge in [0, 0.05) is 17.5 Å². The number of thioether (sulfide) groups is 2. The molecule has 1 aromatic carbocycles. The normalized spacial score (nSPS) is 22.7. The first-order chi connectivity index (χ1) is 20.2. The fourth-order valence-electron chi connectivity index (χ4n) is 4.67. The highest BCUT2D eigenvalue weighted by molar-refractivity contribution is 8.01. The van der Waals surface area contributed by atoms with E-state index in [1.807, 2.05) is 0 Å². The van der Waals surface area contributed by atoms with Gasteiger partial charge in [-0.15, -0.1) is 22.0 Å². The van der Waals surface area contributed by atoms with Gasteiger partial charge in [-0.25, -0.2) is 4.79 Å². The van der Waals surface area contributed by atoms with Gasteiger partial charge in [0.25, 0.3) is 0 Å². The Morgan fingerprint density at radius 3 is 2.69 bits per heavy atom. The van der Waals surface area contributed by atoms with Crippen LogP contribution in [0.5, 0.6) is 0 Å². The third kappa shape index (κ3) is 5.82. The molecular weight excluding hydrogens is 588 g/mol. The smallest absolute Gasteiger partial charge is 0.316 e. The zero-order valence-electron chi connectivity index (χ0n) is 22.1. The van der Waals surface area contributed by atoms with E-state index in [4.69, 9.17) is 4.42 Å². The summed E-state index contributed by atoms with van der Waals surface area (Å²) in [6.45, 7) is 1.33. The number of Topliss-reactive ketones (excluding diaryl/α,β-unsaturated/α-hetero) is 1. The average molecular weight is 615 g/mol. The molecule has 5 rings (SSSR count). The number of amides is 4. The molecule has 2 saturated heterocycles. The first-order valence-corrected chi connectivity index (χ1v) is 14.6. The lowest BCUT2D eigenvalue weighted by Crippen LogP contribution is -2.75. The predicted octanol–water partition coefficient (Wildman–Crippen LogP) is 0.668. The van der Waals surface area contributed by atoms with Crippen molar-refractivity contribution in [2.24, 2.45) is 5.41 Å². The van der Waals surface area contributed by atoms with Crippen LogP contribution in [0.25, 0.3) is 0 Å². The Morgan fingerprint density at radius 1 is 1.24 bits per heavy atom. The number of hydrogen-bond acceptors (Lipinski definition) is 11. The van der Waals surface area contributed by atoms with Crippen LogP contribution in [-0.4, -0.2) is 95.7 Å². The van der Waals surface area contributed by atoms with Gasteiger partial charge in [-0.2, -0.15) is 5.21 Å². The number of furan rings is 1. The standard InChI is InChI=1S/C25H26N8O7S2/c1-13(42-24-29-31-32-30-24)25(22(37)38)11-33-20(36)18(21(33)41-12-25)27-19(35)17(14-6-3-2-4-7-14)28-23(39)26-10-15(34)16-8-5-9-40-16/h2-9,13,17-18,21H,10-12H2,1H3,(H,27,35)(H,37,38)(H2,26,28,39)(H,29,30,31,32)/t13?,17?,18?,21-,25?/m1/s1. The maximum absolute atomic E-state index is 13.4. The van der Waals surface area contributed by atoms with Crippen molar-refractivity contribution in [1.29, 1.82) is 0 Å². The molecule has 220 valence electrons. The molecule has 17 heteroatoms. The van der Waals surface area contributed by atoms with Crippen molar-refractivity contribution < 1.29 is 33.5 Å². The van der Waals surface area contributed by atoms with Crippen molar-refractivity contribution >= 4 is 53.1 Å². The van der Waals surface area contributed by atoms with Crippen molar-refractivity contribution in [3.05, 3.63) is 60.1 Å². The number of hydrogen-bond donors (Lipinski definition) is 5. The number of aromatic amines is 1. The van der Waals surface area contributed by atoms with E-state index in [9.17, 15) is 29.1 Å². The number of nitrogens with one attached hydrogen (secondary N) is 4. The van der Waals surface area contributed by atoms with Gasteiger partial charge in [0.1, 0.15) is 22.9 Å². The number of ketones is 1. The quantitative estimate of drug-likeness (QED) is 0.115. The second-order valence-electron chi connectivity index (χ2n) is 9.64. The molecule has 0 aliphatic carbocycles. The van der Waals surface area contributed by atoms with Crippen LogP contribution in [0.2, 0.25) is 0 Å². The summed E-state index contributed by atoms with van der Waals surface area (Å²) in [5.41, 5.74) is -0.823. The SMILES string of the molecule is CC(Sc1nn[nH]n1)C1(C(=O)O)CS[C@@H]2C(NC(=O)C(NC(=O)NCC(=O)c3ccco3)c3ccccc3)C(=O)N2C1. The van der Waals surface area contributed by atoms with Gasteiger partial charge in [0.05, 0.1) is 12.8 Å². The number of urea groups is 1. The van der Waals surface area contributed by atoms with Crippen LogP contribution < -0.4 is 16.0 Å². The predicted molar refractivity (Wildman–Crippen MR) is 148 cm³/mol. The van der Waals surface area contributed by atoms with Crippen molar-refractivity contribution in [3.63, 3.8) is 0 Å². The first kappa shape index (κ1) is 29.1. The van der Waals surface area contributed by atoms with Crippen molar-refractivity contribution in [2.75, 3.05) is 18.8 Å². The number of H-pyrrole nitrogens is 1. The number of fused-ring (bicyclic) bond motifs is 1. The van der Waals surface area contributed by atoms with Crippen LogP contribution in [0.4, 0.5) is 4.79 Å². The fraction of sp³-hybridized carbons (Fsp3) is 0.360. The minimum atomic E-state index is -1.28. The van der Waals surface area contributed by atoms with E-state index in [0.717, 1.165) is 11.8 Å². The Morgan fingerprint density at radius 2 is 2.02 bits per heavy atom. The summed E-state index contributed by atoms with van der Waals surface area (Å²) in [6.07, 6.45) is 1.34. The molecule has 0 radical (unpaired) electrons. The van der Waals surface area contributed by atoms with E-state index in [-0.39, 0.29) is 24.6 Å². The molecule has 5 N–H and O–H groups in total. The number of aromatic nitrogens is 4. The summed E-state index contributed by atoms with van der Waals surface area (Å²) in [4.78, 5) is 65.3. The Labute approximate surface area is 246 Å². The summed E-state index contributed by atoms with van der Waals surface area (Å²) in [5, 5.41) is 30.8. The number of carboxylic acids is 1. The van der Waals surface area contributed by atoms with E-state index < -0.39 is 57.7 Å². The Bertz CT molecular complexity index is 1460. The van der Waals surface area contributed by atoms with E-state index >= 15 is 0 Å². The zero-order valence-corrected chi connectivity index (χ0v) is 23.7. The van der Waals surface area contributed by atoms with E-state index in [0.29, 0.717) is 10.7 Å². The fourth-order valence-corrected chi connectivity index (χ4v) is 7.42. The highest BCUT2D eigenvalue weighted by atomic mass is 32.2. The third-order valence-corrected chi connectivity index (χ3v) is 9.83. The number of aliphatic carboxylic acids is 1. The molecule has 0 spiro atoms. The first-order valence-electron chi connectivity index (χ1n) is 12.7. The third-order valence-electron chi connectivity index (χ3n) is 7.09. The second-order valence-corrected chi connectivity index (χ2v) is 12.1. The number of nitrogens with zero attached hydrogens (tertiary/aromatic N) is 4. The van der Waals surface area contributed by atoms with Crippen molar-refractivity contribution in [2.45, 2.75) is 34.8 Å². The minimum Gasteiger partial charge on any atom is -0.481 e. The van der Waals surface area contributed by atoms with Crippen LogP contribution in [0.1, 0.15) is 29.1 Å². The van der Waals surface area contributed by atoms with Gasteiger partial charge in [-0.1, -0.05) is 49.0 Å². The van der Waals surface area contributed by atoms with Gasteiger partial charge in [-0.05, 0) is 22.9 Å². The molecule has 15 nitrogen and oxygen atoms in total. The zero-order chi connectivity index (χ0) is 29.9. The molecule has 2 aliphatic heterocycles. The molecule has 3 aromatic rings. The van der Waals surface area contributed by atoms with Gasteiger partial charge < -0.3 is 30.4 Å². The van der Waals surface area contributed by atoms with E-state index in [1.165, 1.54) is 29.0 Å². The van der Waals surface area contributed by atoms with Crippen LogP contribution in [-0.2, 0) is 14.4 Å². The molecule has 4 unspecified atom stereocenters. The maximum Gasteiger partial charge on any atom is 0.316 e. The number of β-lactam (4-membered cyclic amide) rings is 1. The summed E-state index contributed by atoms with van der Waals surface area (Å²) in [7, 11) is 0. The molecule has 4 amide bonds. The Balaban J connectivity index is 1.23. The maximum atomic E-state index is 13.4. The number of rotatable bonds is 11. The van der Waals surface area contributed by atoms with Crippen LogP contribution >= 0.6 is 23.5 Å². The second kappa shape index (κ2) is 12.2. The number of carbonyl (C=O) groups excluding carboxylic acids is 4. The van der Waals surface area contributed by atoms with E-state index in [2.05, 4.69) is 36.6 Å². The Kier molecular flexibility index (Phi) is 8.49. The molecule has 0 bridgehead atoms. The topological polar surface area (TPSA) is 213 Å². The summed E-state index contributed by atoms with van der Waals surface area (Å²) in [6, 6.07) is 8.60. The molecule has 5 atom stereocenters. The largest absolute Gasteiger partial charge is 0.481 e. The molecule has 42 heavy (non-hydrogen) atoms. The summed E-state index contributed by atoms with van der Waals surface area (Å²) in [5.74, 6) is -2.30. The average Bonchev–Trinajstić information content (AvgIpc) is 3.72. The number of carbonyl (C=O) groups is 5. The molecule has 4 heterocycles. The molecule has 2 aromatic heterocycles. The van der Waals surface area contributed by atoms with E-state index in [1.54, 1.807) is 43.3 Å². The van der Waals surface area contributed by atoms with Gasteiger partial charge in [-0.3, -0.25) is 19.2 Å². The molecular formula is C25H26N8O7S2. The highest BCUT2D eigenvalue weighted by Crippen LogP contribution is 2.47. The van der Waals surface area contributed by atoms with Gasteiger partial charge >= 0.3 is 12.0 Å². The molecule has 0 saturated carbocycles. The summed E-state index contributed by atoms with van der Waals surface area (Å²) < 4.78 is 5.03. The number of tetrazole rings is 1. The van der Waals surface area contributed by atoms with Crippen LogP contribution in [0.3, 0.4) is 0 Å². The lowest BCUT2D eigenvalue weighted by molar-refractivity contribution is -0.158. The lowest BCUT2D eigenvalue weighted by atomic mass is 9.84. The van der Waals surface area contributed by atoms with Gasteiger partial charge in [0.2, 0.25) is 22.8 Å². The molecule has 2 aliphatic rings. The molecule has 2 fully saturated rings. The summed E-state index contributed by atoms with van der Waals surface area (Å²) >= 11 is 2.41. The highest BCUT2D eigenvalue weighted by Gasteiger charge is 2.59. The Hall–Kier alpha value is -4.38. The van der Waals surface area contributed by atoms with Crippen LogP contribution in [0, 0.1) is 5.41 Å². The number of carboxylic acid groups (broad SMARTS) is 1. The number of benzene rings is 1. The van der Waals surface area contributed by atoms with Crippen LogP contribution in [0.15, 0.2) is 58.3 Å². The van der Waals surface area contributed by atoms with Gasteiger partial charge in [0.15, 0.2) is 5.76 Å².